The van der Waals surface area contributed by atoms with Crippen molar-refractivity contribution in [2.24, 2.45) is 5.10 Å². The molecule has 0 atom stereocenters. The summed E-state index contributed by atoms with van der Waals surface area (Å²) in [6.45, 7) is -0.143. The first-order valence-corrected chi connectivity index (χ1v) is 8.22. The highest BCUT2D eigenvalue weighted by atomic mass is 79.9. The van der Waals surface area contributed by atoms with Gasteiger partial charge in [0.05, 0.1) is 19.7 Å². The van der Waals surface area contributed by atoms with Crippen molar-refractivity contribution < 1.29 is 19.1 Å². The van der Waals surface area contributed by atoms with Gasteiger partial charge in [0.25, 0.3) is 0 Å². The van der Waals surface area contributed by atoms with E-state index in [4.69, 9.17) is 4.74 Å². The minimum atomic E-state index is -0.445. The molecule has 0 aliphatic carbocycles. The maximum absolute atomic E-state index is 11.8. The Balaban J connectivity index is 1.80. The molecule has 0 radical (unpaired) electrons. The van der Waals surface area contributed by atoms with Crippen molar-refractivity contribution in [2.75, 3.05) is 13.7 Å². The van der Waals surface area contributed by atoms with Gasteiger partial charge in [-0.3, -0.25) is 4.79 Å². The number of rotatable bonds is 7. The number of amides is 1. The summed E-state index contributed by atoms with van der Waals surface area (Å²) in [5, 5.41) is 3.92. The summed E-state index contributed by atoms with van der Waals surface area (Å²) in [6.07, 6.45) is 1.79. The van der Waals surface area contributed by atoms with Gasteiger partial charge in [0.15, 0.2) is 6.61 Å². The van der Waals surface area contributed by atoms with Gasteiger partial charge in [0.2, 0.25) is 5.91 Å². The third kappa shape index (κ3) is 6.76. The summed E-state index contributed by atoms with van der Waals surface area (Å²) in [7, 11) is 1.30. The molecule has 1 amide bonds. The summed E-state index contributed by atoms with van der Waals surface area (Å²) >= 11 is 3.35. The van der Waals surface area contributed by atoms with E-state index in [1.165, 1.54) is 13.3 Å². The highest BCUT2D eigenvalue weighted by Crippen LogP contribution is 2.12. The molecular formula is C18H17BrN2O4. The fraction of sp³-hybridized carbons (Fsp3) is 0.167. The van der Waals surface area contributed by atoms with Crippen molar-refractivity contribution >= 4 is 34.0 Å². The molecule has 0 heterocycles. The van der Waals surface area contributed by atoms with E-state index in [1.54, 1.807) is 24.3 Å². The predicted octanol–water partition coefficient (Wildman–Crippen LogP) is 2.69. The predicted molar refractivity (Wildman–Crippen MR) is 97.5 cm³/mol. The van der Waals surface area contributed by atoms with Gasteiger partial charge in [-0.25, -0.2) is 10.2 Å². The molecule has 6 nitrogen and oxygen atoms in total. The zero-order valence-electron chi connectivity index (χ0n) is 13.6. The maximum atomic E-state index is 11.8. The number of ether oxygens (including phenoxy) is 2. The number of carbonyl (C=O) groups excluding carboxylic acids is 2. The number of esters is 1. The Morgan fingerprint density at radius 1 is 1.12 bits per heavy atom. The van der Waals surface area contributed by atoms with E-state index >= 15 is 0 Å². The van der Waals surface area contributed by atoms with Crippen molar-refractivity contribution in [3.8, 4) is 5.75 Å². The number of carbonyl (C=O) groups is 2. The molecule has 0 unspecified atom stereocenters. The van der Waals surface area contributed by atoms with Gasteiger partial charge in [-0.05, 0) is 47.5 Å². The molecule has 0 spiro atoms. The van der Waals surface area contributed by atoms with Crippen LogP contribution < -0.4 is 10.2 Å². The van der Waals surface area contributed by atoms with Crippen LogP contribution in [0, 0.1) is 0 Å². The number of hydrazone groups is 1. The standard InChI is InChI=1S/C18H17BrN2O4/c1-24-18(23)12-25-16-8-4-14(5-9-16)11-20-21-17(22)10-13-2-6-15(19)7-3-13/h2-9,11H,10,12H2,1H3,(H,21,22)/b20-11-. The summed E-state index contributed by atoms with van der Waals surface area (Å²) in [5.41, 5.74) is 4.17. The molecule has 1 N–H and O–H groups in total. The van der Waals surface area contributed by atoms with Crippen LogP contribution in [0.2, 0.25) is 0 Å². The third-order valence-corrected chi connectivity index (χ3v) is 3.67. The Bertz CT molecular complexity index is 743. The first-order valence-electron chi connectivity index (χ1n) is 7.43. The minimum absolute atomic E-state index is 0.143. The SMILES string of the molecule is COC(=O)COc1ccc(/C=N\NC(=O)Cc2ccc(Br)cc2)cc1. The van der Waals surface area contributed by atoms with E-state index in [1.807, 2.05) is 24.3 Å². The van der Waals surface area contributed by atoms with Gasteiger partial charge in [0, 0.05) is 4.47 Å². The van der Waals surface area contributed by atoms with Crippen LogP contribution in [-0.2, 0) is 20.7 Å². The average molecular weight is 405 g/mol. The van der Waals surface area contributed by atoms with Gasteiger partial charge in [-0.15, -0.1) is 0 Å². The minimum Gasteiger partial charge on any atom is -0.482 e. The van der Waals surface area contributed by atoms with Crippen molar-refractivity contribution in [3.05, 3.63) is 64.1 Å². The van der Waals surface area contributed by atoms with Gasteiger partial charge < -0.3 is 9.47 Å². The molecule has 0 aliphatic heterocycles. The Morgan fingerprint density at radius 2 is 1.80 bits per heavy atom. The van der Waals surface area contributed by atoms with E-state index in [2.05, 4.69) is 31.2 Å². The summed E-state index contributed by atoms with van der Waals surface area (Å²) in [5.74, 6) is -0.0995. The third-order valence-electron chi connectivity index (χ3n) is 3.15. The Morgan fingerprint density at radius 3 is 2.44 bits per heavy atom. The van der Waals surface area contributed by atoms with Gasteiger partial charge in [0.1, 0.15) is 5.75 Å². The lowest BCUT2D eigenvalue weighted by Crippen LogP contribution is -2.19. The van der Waals surface area contributed by atoms with Crippen LogP contribution in [0.1, 0.15) is 11.1 Å². The van der Waals surface area contributed by atoms with Crippen LogP contribution in [-0.4, -0.2) is 31.8 Å². The number of hydrogen-bond donors (Lipinski definition) is 1. The van der Waals surface area contributed by atoms with Crippen LogP contribution in [0.15, 0.2) is 58.1 Å². The smallest absolute Gasteiger partial charge is 0.343 e. The van der Waals surface area contributed by atoms with Crippen molar-refractivity contribution in [1.82, 2.24) is 5.43 Å². The summed E-state index contributed by atoms with van der Waals surface area (Å²) in [4.78, 5) is 22.8. The first-order chi connectivity index (χ1) is 12.1. The molecule has 2 aromatic carbocycles. The summed E-state index contributed by atoms with van der Waals surface area (Å²) in [6, 6.07) is 14.4. The van der Waals surface area contributed by atoms with E-state index in [9.17, 15) is 9.59 Å². The Kier molecular flexibility index (Phi) is 7.16. The van der Waals surface area contributed by atoms with Crippen molar-refractivity contribution in [1.29, 1.82) is 0 Å². The number of nitrogens with zero attached hydrogens (tertiary/aromatic N) is 1. The number of hydrogen-bond acceptors (Lipinski definition) is 5. The van der Waals surface area contributed by atoms with E-state index in [0.717, 1.165) is 15.6 Å². The first kappa shape index (κ1) is 18.7. The molecule has 0 aliphatic rings. The second-order valence-corrected chi connectivity index (χ2v) is 5.95. The highest BCUT2D eigenvalue weighted by Gasteiger charge is 2.03. The molecule has 130 valence electrons. The fourth-order valence-corrected chi connectivity index (χ4v) is 2.12. The fourth-order valence-electron chi connectivity index (χ4n) is 1.86. The molecule has 0 saturated heterocycles. The van der Waals surface area contributed by atoms with Gasteiger partial charge >= 0.3 is 5.97 Å². The molecule has 7 heteroatoms. The Hall–Kier alpha value is -2.67. The molecule has 0 saturated carbocycles. The maximum Gasteiger partial charge on any atom is 0.343 e. The summed E-state index contributed by atoms with van der Waals surface area (Å²) < 4.78 is 10.7. The Labute approximate surface area is 154 Å². The van der Waals surface area contributed by atoms with Crippen molar-refractivity contribution in [2.45, 2.75) is 6.42 Å². The van der Waals surface area contributed by atoms with E-state index in [0.29, 0.717) is 5.75 Å². The number of benzene rings is 2. The topological polar surface area (TPSA) is 77.0 Å². The van der Waals surface area contributed by atoms with Crippen LogP contribution in [0.4, 0.5) is 0 Å². The highest BCUT2D eigenvalue weighted by molar-refractivity contribution is 9.10. The lowest BCUT2D eigenvalue weighted by atomic mass is 10.1. The largest absolute Gasteiger partial charge is 0.482 e. The van der Waals surface area contributed by atoms with E-state index < -0.39 is 5.97 Å². The van der Waals surface area contributed by atoms with Crippen LogP contribution in [0.5, 0.6) is 5.75 Å². The second-order valence-electron chi connectivity index (χ2n) is 5.03. The van der Waals surface area contributed by atoms with Crippen LogP contribution >= 0.6 is 15.9 Å². The van der Waals surface area contributed by atoms with E-state index in [-0.39, 0.29) is 18.9 Å². The normalized spacial score (nSPS) is 10.5. The monoisotopic (exact) mass is 404 g/mol. The zero-order chi connectivity index (χ0) is 18.1. The van der Waals surface area contributed by atoms with Crippen LogP contribution in [0.3, 0.4) is 0 Å². The molecule has 0 bridgehead atoms. The van der Waals surface area contributed by atoms with Crippen molar-refractivity contribution in [3.63, 3.8) is 0 Å². The number of nitrogens with one attached hydrogen (secondary N) is 1. The lowest BCUT2D eigenvalue weighted by Gasteiger charge is -2.04. The molecule has 2 rings (SSSR count). The average Bonchev–Trinajstić information content (AvgIpc) is 2.62. The van der Waals surface area contributed by atoms with Gasteiger partial charge in [-0.2, -0.15) is 5.10 Å². The molecule has 0 aromatic heterocycles. The zero-order valence-corrected chi connectivity index (χ0v) is 15.2. The number of methoxy groups -OCH3 is 1. The molecule has 0 fully saturated rings. The number of halogens is 1. The molecular weight excluding hydrogens is 388 g/mol. The quantitative estimate of drug-likeness (QED) is 0.437. The second kappa shape index (κ2) is 9.58. The molecule has 25 heavy (non-hydrogen) atoms. The lowest BCUT2D eigenvalue weighted by molar-refractivity contribution is -0.142. The molecule has 2 aromatic rings. The van der Waals surface area contributed by atoms with Crippen LogP contribution in [0.25, 0.3) is 0 Å². The van der Waals surface area contributed by atoms with Gasteiger partial charge in [-0.1, -0.05) is 28.1 Å².